The fourth-order valence-electron chi connectivity index (χ4n) is 4.02. The smallest absolute Gasteiger partial charge is 0.169 e. The predicted molar refractivity (Wildman–Crippen MR) is 97.0 cm³/mol. The van der Waals surface area contributed by atoms with Crippen molar-refractivity contribution < 1.29 is 14.3 Å². The number of hydrogen-bond acceptors (Lipinski definition) is 2. The van der Waals surface area contributed by atoms with E-state index in [0.29, 0.717) is 11.1 Å². The van der Waals surface area contributed by atoms with Gasteiger partial charge in [0.1, 0.15) is 11.6 Å². The van der Waals surface area contributed by atoms with Gasteiger partial charge in [-0.25, -0.2) is 4.39 Å². The van der Waals surface area contributed by atoms with Crippen molar-refractivity contribution in [2.75, 3.05) is 0 Å². The normalized spacial score (nSPS) is 22.6. The molecule has 2 atom stereocenters. The van der Waals surface area contributed by atoms with Crippen LogP contribution in [0.4, 0.5) is 4.39 Å². The van der Waals surface area contributed by atoms with Gasteiger partial charge in [-0.15, -0.1) is 0 Å². The molecule has 0 spiro atoms. The Morgan fingerprint density at radius 1 is 1.08 bits per heavy atom. The maximum Gasteiger partial charge on any atom is 0.169 e. The minimum Gasteiger partial charge on any atom is -0.511 e. The summed E-state index contributed by atoms with van der Waals surface area (Å²) in [6, 6.07) is 10.3. The van der Waals surface area contributed by atoms with Crippen LogP contribution in [0.3, 0.4) is 0 Å². The predicted octanol–water partition coefficient (Wildman–Crippen LogP) is 5.72. The zero-order chi connectivity index (χ0) is 17.7. The molecule has 0 radical (unpaired) electrons. The third kappa shape index (κ3) is 2.67. The number of carbonyl (C=O) groups is 1. The first-order chi connectivity index (χ1) is 12.0. The van der Waals surface area contributed by atoms with Crippen molar-refractivity contribution in [2.24, 2.45) is 11.8 Å². The SMILES string of the molecule is Cc1ccc(-c2ccc(Cl)c(F)c2)cc1C1=C(O)[C@H]2CCC(C2)C1=O. The van der Waals surface area contributed by atoms with Crippen LogP contribution in [-0.4, -0.2) is 10.9 Å². The van der Waals surface area contributed by atoms with Crippen molar-refractivity contribution in [3.63, 3.8) is 0 Å². The van der Waals surface area contributed by atoms with E-state index in [-0.39, 0.29) is 28.4 Å². The topological polar surface area (TPSA) is 37.3 Å². The molecule has 1 N–H and O–H groups in total. The molecular formula is C21H18ClFO2. The Bertz CT molecular complexity index is 916. The average molecular weight is 357 g/mol. The highest BCUT2D eigenvalue weighted by Gasteiger charge is 2.41. The number of aryl methyl sites for hydroxylation is 1. The summed E-state index contributed by atoms with van der Waals surface area (Å²) in [6.07, 6.45) is 2.47. The number of allylic oxidation sites excluding steroid dienone is 2. The van der Waals surface area contributed by atoms with E-state index in [9.17, 15) is 14.3 Å². The van der Waals surface area contributed by atoms with Gasteiger partial charge in [0.2, 0.25) is 0 Å². The monoisotopic (exact) mass is 356 g/mol. The molecule has 2 aromatic carbocycles. The highest BCUT2D eigenvalue weighted by Crippen LogP contribution is 2.46. The first-order valence-corrected chi connectivity index (χ1v) is 8.87. The number of Topliss-reactive ketones (excluding diaryl/α,β-unsaturated/α-hetero) is 1. The van der Waals surface area contributed by atoms with Crippen LogP contribution in [0.1, 0.15) is 30.4 Å². The zero-order valence-corrected chi connectivity index (χ0v) is 14.6. The van der Waals surface area contributed by atoms with Crippen LogP contribution < -0.4 is 0 Å². The van der Waals surface area contributed by atoms with Crippen LogP contribution in [0, 0.1) is 24.6 Å². The summed E-state index contributed by atoms with van der Waals surface area (Å²) < 4.78 is 13.8. The summed E-state index contributed by atoms with van der Waals surface area (Å²) >= 11 is 5.76. The van der Waals surface area contributed by atoms with Gasteiger partial charge in [0.25, 0.3) is 0 Å². The molecule has 0 saturated heterocycles. The lowest BCUT2D eigenvalue weighted by atomic mass is 9.81. The molecule has 128 valence electrons. The van der Waals surface area contributed by atoms with Gasteiger partial charge >= 0.3 is 0 Å². The van der Waals surface area contributed by atoms with E-state index >= 15 is 0 Å². The van der Waals surface area contributed by atoms with E-state index in [0.717, 1.165) is 36.0 Å². The highest BCUT2D eigenvalue weighted by molar-refractivity contribution is 6.30. The van der Waals surface area contributed by atoms with Crippen LogP contribution in [-0.2, 0) is 4.79 Å². The first-order valence-electron chi connectivity index (χ1n) is 8.49. The minimum absolute atomic E-state index is 0.0203. The average Bonchev–Trinajstić information content (AvgIpc) is 3.05. The molecular weight excluding hydrogens is 339 g/mol. The number of fused-ring (bicyclic) bond motifs is 2. The second-order valence-electron chi connectivity index (χ2n) is 6.99. The Morgan fingerprint density at radius 3 is 2.52 bits per heavy atom. The molecule has 1 unspecified atom stereocenters. The van der Waals surface area contributed by atoms with E-state index in [1.807, 2.05) is 25.1 Å². The van der Waals surface area contributed by atoms with Crippen molar-refractivity contribution in [3.8, 4) is 11.1 Å². The number of halogens is 2. The molecule has 1 fully saturated rings. The Balaban J connectivity index is 1.84. The van der Waals surface area contributed by atoms with Gasteiger partial charge in [0.05, 0.1) is 10.6 Å². The van der Waals surface area contributed by atoms with Crippen molar-refractivity contribution in [2.45, 2.75) is 26.2 Å². The summed E-state index contributed by atoms with van der Waals surface area (Å²) in [5.74, 6) is -0.106. The molecule has 4 heteroatoms. The number of aliphatic hydroxyl groups is 1. The summed E-state index contributed by atoms with van der Waals surface area (Å²) in [5, 5.41) is 10.7. The molecule has 2 nitrogen and oxygen atoms in total. The number of hydrogen-bond donors (Lipinski definition) is 1. The van der Waals surface area contributed by atoms with Gasteiger partial charge in [0.15, 0.2) is 5.78 Å². The molecule has 25 heavy (non-hydrogen) atoms. The number of rotatable bonds is 2. The third-order valence-corrected chi connectivity index (χ3v) is 5.76. The summed E-state index contributed by atoms with van der Waals surface area (Å²) in [5.41, 5.74) is 3.60. The minimum atomic E-state index is -0.477. The summed E-state index contributed by atoms with van der Waals surface area (Å²) in [7, 11) is 0. The molecule has 2 bridgehead atoms. The second kappa shape index (κ2) is 5.99. The molecule has 4 rings (SSSR count). The van der Waals surface area contributed by atoms with Crippen molar-refractivity contribution in [1.29, 1.82) is 0 Å². The Labute approximate surface area is 150 Å². The summed E-state index contributed by atoms with van der Waals surface area (Å²) in [4.78, 5) is 12.8. The van der Waals surface area contributed by atoms with E-state index in [1.165, 1.54) is 12.1 Å². The number of ketones is 1. The molecule has 0 amide bonds. The zero-order valence-electron chi connectivity index (χ0n) is 13.9. The van der Waals surface area contributed by atoms with Gasteiger partial charge in [-0.1, -0.05) is 29.8 Å². The third-order valence-electron chi connectivity index (χ3n) is 5.45. The fourth-order valence-corrected chi connectivity index (χ4v) is 4.14. The van der Waals surface area contributed by atoms with Crippen LogP contribution in [0.15, 0.2) is 42.2 Å². The first kappa shape index (κ1) is 16.3. The summed E-state index contributed by atoms with van der Waals surface area (Å²) in [6.45, 7) is 1.92. The molecule has 1 saturated carbocycles. The van der Waals surface area contributed by atoms with Crippen LogP contribution >= 0.6 is 11.6 Å². The lowest BCUT2D eigenvalue weighted by molar-refractivity contribution is -0.117. The standard InChI is InChI=1S/C21H18ClFO2/c1-11-2-3-12(13-6-7-17(22)18(23)10-13)9-16(11)19-20(24)14-4-5-15(8-14)21(19)25/h2-3,6-7,9-10,14-15,24H,4-5,8H2,1H3/t14-,15?/m0/s1. The molecule has 2 aliphatic rings. The highest BCUT2D eigenvalue weighted by atomic mass is 35.5. The van der Waals surface area contributed by atoms with Crippen LogP contribution in [0.2, 0.25) is 5.02 Å². The van der Waals surface area contributed by atoms with Crippen molar-refractivity contribution in [1.82, 2.24) is 0 Å². The lowest BCUT2D eigenvalue weighted by Gasteiger charge is -2.23. The van der Waals surface area contributed by atoms with E-state index in [2.05, 4.69) is 0 Å². The van der Waals surface area contributed by atoms with E-state index < -0.39 is 5.82 Å². The van der Waals surface area contributed by atoms with Crippen LogP contribution in [0.25, 0.3) is 16.7 Å². The number of benzene rings is 2. The van der Waals surface area contributed by atoms with Gasteiger partial charge in [0, 0.05) is 11.8 Å². The second-order valence-corrected chi connectivity index (χ2v) is 7.40. The Kier molecular flexibility index (Phi) is 3.92. The number of carbonyl (C=O) groups excluding carboxylic acids is 1. The molecule has 0 aliphatic heterocycles. The van der Waals surface area contributed by atoms with Gasteiger partial charge < -0.3 is 5.11 Å². The van der Waals surface area contributed by atoms with Gasteiger partial charge in [-0.3, -0.25) is 4.79 Å². The lowest BCUT2D eigenvalue weighted by Crippen LogP contribution is -2.21. The van der Waals surface area contributed by atoms with Crippen LogP contribution in [0.5, 0.6) is 0 Å². The Hall–Kier alpha value is -2.13. The maximum atomic E-state index is 13.8. The van der Waals surface area contributed by atoms with E-state index in [4.69, 9.17) is 11.6 Å². The Morgan fingerprint density at radius 2 is 1.76 bits per heavy atom. The largest absolute Gasteiger partial charge is 0.511 e. The van der Waals surface area contributed by atoms with Crippen molar-refractivity contribution in [3.05, 3.63) is 64.1 Å². The van der Waals surface area contributed by atoms with Gasteiger partial charge in [-0.05, 0) is 66.6 Å². The van der Waals surface area contributed by atoms with E-state index in [1.54, 1.807) is 6.07 Å². The molecule has 0 aromatic heterocycles. The molecule has 2 aliphatic carbocycles. The maximum absolute atomic E-state index is 13.8. The molecule has 2 aromatic rings. The molecule has 0 heterocycles. The number of aliphatic hydroxyl groups excluding tert-OH is 1. The fraction of sp³-hybridized carbons (Fsp3) is 0.286. The quantitative estimate of drug-likeness (QED) is 0.746. The van der Waals surface area contributed by atoms with Crippen molar-refractivity contribution >= 4 is 23.0 Å². The van der Waals surface area contributed by atoms with Gasteiger partial charge in [-0.2, -0.15) is 0 Å².